The summed E-state index contributed by atoms with van der Waals surface area (Å²) >= 11 is 0. The fourth-order valence-electron chi connectivity index (χ4n) is 2.57. The Morgan fingerprint density at radius 3 is 2.45 bits per heavy atom. The van der Waals surface area contributed by atoms with E-state index in [1.165, 1.54) is 11.1 Å². The molecule has 0 radical (unpaired) electrons. The Morgan fingerprint density at radius 1 is 1.25 bits per heavy atom. The van der Waals surface area contributed by atoms with E-state index in [2.05, 4.69) is 41.4 Å². The number of nitrogens with one attached hydrogen (secondary N) is 1. The van der Waals surface area contributed by atoms with E-state index in [4.69, 9.17) is 0 Å². The molecular weight excluding hydrogens is 272 g/mol. The van der Waals surface area contributed by atoms with Gasteiger partial charge in [0.25, 0.3) is 0 Å². The average Bonchev–Trinajstić information content (AvgIpc) is 2.78. The lowest BCUT2D eigenvalue weighted by molar-refractivity contribution is 0.254. The zero-order valence-corrected chi connectivity index (χ0v) is 13.1. The minimum atomic E-state index is -2.80. The Bertz CT molecular complexity index is 525. The molecule has 1 aliphatic rings. The minimum absolute atomic E-state index is 0.168. The molecule has 1 aliphatic heterocycles. The van der Waals surface area contributed by atoms with Crippen LogP contribution in [0.5, 0.6) is 0 Å². The van der Waals surface area contributed by atoms with Crippen LogP contribution in [-0.4, -0.2) is 44.5 Å². The molecule has 20 heavy (non-hydrogen) atoms. The van der Waals surface area contributed by atoms with E-state index in [-0.39, 0.29) is 6.04 Å². The lowest BCUT2D eigenvalue weighted by Crippen LogP contribution is -2.32. The molecule has 0 saturated carbocycles. The molecule has 0 bridgehead atoms. The highest BCUT2D eigenvalue weighted by atomic mass is 32.2. The maximum atomic E-state index is 11.5. The first-order chi connectivity index (χ1) is 9.50. The quantitative estimate of drug-likeness (QED) is 0.862. The fraction of sp³-hybridized carbons (Fsp3) is 0.600. The van der Waals surface area contributed by atoms with Gasteiger partial charge in [-0.2, -0.15) is 0 Å². The van der Waals surface area contributed by atoms with Crippen LogP contribution in [0.1, 0.15) is 24.5 Å². The third-order valence-corrected chi connectivity index (χ3v) is 5.62. The smallest absolute Gasteiger partial charge is 0.151 e. The van der Waals surface area contributed by atoms with Crippen LogP contribution in [0.3, 0.4) is 0 Å². The molecule has 5 heteroatoms. The van der Waals surface area contributed by atoms with Gasteiger partial charge in [-0.05, 0) is 31.1 Å². The molecule has 1 saturated heterocycles. The molecule has 1 unspecified atom stereocenters. The van der Waals surface area contributed by atoms with Crippen LogP contribution >= 0.6 is 0 Å². The van der Waals surface area contributed by atoms with Crippen molar-refractivity contribution >= 4 is 9.84 Å². The van der Waals surface area contributed by atoms with Crippen molar-refractivity contribution in [1.29, 1.82) is 0 Å². The van der Waals surface area contributed by atoms with Gasteiger partial charge in [-0.15, -0.1) is 0 Å². The van der Waals surface area contributed by atoms with Gasteiger partial charge in [0.1, 0.15) is 0 Å². The van der Waals surface area contributed by atoms with Gasteiger partial charge in [0.2, 0.25) is 0 Å². The molecule has 1 N–H and O–H groups in total. The molecule has 1 fully saturated rings. The van der Waals surface area contributed by atoms with Gasteiger partial charge < -0.3 is 5.32 Å². The van der Waals surface area contributed by atoms with E-state index in [0.29, 0.717) is 11.5 Å². The highest BCUT2D eigenvalue weighted by Crippen LogP contribution is 2.18. The molecule has 0 spiro atoms. The monoisotopic (exact) mass is 296 g/mol. The van der Waals surface area contributed by atoms with Crippen LogP contribution < -0.4 is 5.32 Å². The minimum Gasteiger partial charge on any atom is -0.313 e. The first-order valence-electron chi connectivity index (χ1n) is 7.19. The Hall–Kier alpha value is -0.910. The van der Waals surface area contributed by atoms with Crippen LogP contribution in [0.2, 0.25) is 0 Å². The summed E-state index contributed by atoms with van der Waals surface area (Å²) in [6.07, 6.45) is 0.761. The second-order valence-electron chi connectivity index (χ2n) is 5.57. The van der Waals surface area contributed by atoms with Crippen molar-refractivity contribution in [2.24, 2.45) is 0 Å². The van der Waals surface area contributed by atoms with Gasteiger partial charge in [0.15, 0.2) is 9.84 Å². The molecule has 0 aliphatic carbocycles. The van der Waals surface area contributed by atoms with Crippen LogP contribution in [0.15, 0.2) is 24.3 Å². The third kappa shape index (κ3) is 4.30. The van der Waals surface area contributed by atoms with Crippen molar-refractivity contribution in [1.82, 2.24) is 10.2 Å². The van der Waals surface area contributed by atoms with Crippen molar-refractivity contribution < 1.29 is 8.42 Å². The van der Waals surface area contributed by atoms with E-state index < -0.39 is 9.84 Å². The number of hydrogen-bond acceptors (Lipinski definition) is 4. The maximum Gasteiger partial charge on any atom is 0.151 e. The van der Waals surface area contributed by atoms with Crippen molar-refractivity contribution in [3.63, 3.8) is 0 Å². The van der Waals surface area contributed by atoms with Crippen molar-refractivity contribution in [3.05, 3.63) is 35.4 Å². The van der Waals surface area contributed by atoms with E-state index in [1.54, 1.807) is 0 Å². The number of benzene rings is 1. The normalized spacial score (nSPS) is 21.4. The number of sulfone groups is 1. The van der Waals surface area contributed by atoms with Gasteiger partial charge in [-0.1, -0.05) is 31.2 Å². The second-order valence-corrected chi connectivity index (χ2v) is 7.80. The Labute approximate surface area is 122 Å². The predicted octanol–water partition coefficient (Wildman–Crippen LogP) is 1.42. The zero-order chi connectivity index (χ0) is 14.6. The predicted molar refractivity (Wildman–Crippen MR) is 82.3 cm³/mol. The molecule has 2 rings (SSSR count). The molecule has 4 nitrogen and oxygen atoms in total. The van der Waals surface area contributed by atoms with E-state index >= 15 is 0 Å². The highest BCUT2D eigenvalue weighted by Gasteiger charge is 2.30. The number of rotatable bonds is 6. The van der Waals surface area contributed by atoms with Crippen molar-refractivity contribution in [2.45, 2.75) is 32.5 Å². The average molecular weight is 296 g/mol. The van der Waals surface area contributed by atoms with Gasteiger partial charge in [0.05, 0.1) is 11.5 Å². The summed E-state index contributed by atoms with van der Waals surface area (Å²) in [5.74, 6) is 0.644. The topological polar surface area (TPSA) is 49.4 Å². The summed E-state index contributed by atoms with van der Waals surface area (Å²) in [4.78, 5) is 2.16. The Kier molecular flexibility index (Phi) is 5.18. The molecule has 1 aromatic rings. The van der Waals surface area contributed by atoms with Crippen molar-refractivity contribution in [3.8, 4) is 0 Å². The van der Waals surface area contributed by atoms with Gasteiger partial charge >= 0.3 is 0 Å². The Balaban J connectivity index is 1.89. The van der Waals surface area contributed by atoms with E-state index in [0.717, 1.165) is 26.1 Å². The van der Waals surface area contributed by atoms with Crippen molar-refractivity contribution in [2.75, 3.05) is 25.1 Å². The molecular formula is C15H24N2O2S. The van der Waals surface area contributed by atoms with E-state index in [9.17, 15) is 8.42 Å². The van der Waals surface area contributed by atoms with Gasteiger partial charge in [-0.25, -0.2) is 8.42 Å². The van der Waals surface area contributed by atoms with Gasteiger partial charge in [-0.3, -0.25) is 4.90 Å². The van der Waals surface area contributed by atoms with Crippen LogP contribution in [0.25, 0.3) is 0 Å². The van der Waals surface area contributed by atoms with Gasteiger partial charge in [0, 0.05) is 19.1 Å². The molecule has 112 valence electrons. The number of nitrogens with zero attached hydrogens (tertiary/aromatic N) is 1. The first kappa shape index (κ1) is 15.5. The summed E-state index contributed by atoms with van der Waals surface area (Å²) in [5, 5.41) is 3.30. The summed E-state index contributed by atoms with van der Waals surface area (Å²) in [7, 11) is -0.788. The first-order valence-corrected chi connectivity index (χ1v) is 9.01. The lowest BCUT2D eigenvalue weighted by atomic mass is 10.1. The summed E-state index contributed by atoms with van der Waals surface area (Å²) in [6.45, 7) is 4.77. The molecule has 1 atom stereocenters. The summed E-state index contributed by atoms with van der Waals surface area (Å²) < 4.78 is 23.0. The molecule has 1 aromatic carbocycles. The van der Waals surface area contributed by atoms with Crippen LogP contribution in [-0.2, 0) is 22.9 Å². The maximum absolute atomic E-state index is 11.5. The largest absolute Gasteiger partial charge is 0.313 e. The van der Waals surface area contributed by atoms with Crippen LogP contribution in [0.4, 0.5) is 0 Å². The SMILES string of the molecule is CCNCc1ccc(CN(C)C2CCS(=O)(=O)C2)cc1. The summed E-state index contributed by atoms with van der Waals surface area (Å²) in [6, 6.07) is 8.70. The standard InChI is InChI=1S/C15H24N2O2S/c1-3-16-10-13-4-6-14(7-5-13)11-17(2)15-8-9-20(18,19)12-15/h4-7,15-16H,3,8-12H2,1-2H3. The van der Waals surface area contributed by atoms with E-state index in [1.807, 2.05) is 7.05 Å². The third-order valence-electron chi connectivity index (χ3n) is 3.87. The molecule has 1 heterocycles. The second kappa shape index (κ2) is 6.70. The molecule has 0 amide bonds. The Morgan fingerprint density at radius 2 is 1.90 bits per heavy atom. The lowest BCUT2D eigenvalue weighted by Gasteiger charge is -2.23. The number of hydrogen-bond donors (Lipinski definition) is 1. The zero-order valence-electron chi connectivity index (χ0n) is 12.3. The summed E-state index contributed by atoms with van der Waals surface area (Å²) in [5.41, 5.74) is 2.51. The fourth-order valence-corrected chi connectivity index (χ4v) is 4.38. The molecule has 0 aromatic heterocycles. The van der Waals surface area contributed by atoms with Crippen LogP contribution in [0, 0.1) is 0 Å². The highest BCUT2D eigenvalue weighted by molar-refractivity contribution is 7.91.